The number of aromatic nitrogens is 2. The molecule has 0 spiro atoms. The highest BCUT2D eigenvalue weighted by atomic mass is 32.1. The van der Waals surface area contributed by atoms with Crippen LogP contribution in [-0.2, 0) is 4.79 Å². The SMILES string of the molecule is O=C(O)[C@@H]1CCN(C(=O)c2cnc(-c3ccccn3)s2)C1. The number of hydrogen-bond donors (Lipinski definition) is 1. The zero-order valence-corrected chi connectivity index (χ0v) is 11.9. The summed E-state index contributed by atoms with van der Waals surface area (Å²) in [6.07, 6.45) is 3.72. The molecule has 1 aliphatic heterocycles. The molecular formula is C14H13N3O3S. The summed E-state index contributed by atoms with van der Waals surface area (Å²) >= 11 is 1.28. The van der Waals surface area contributed by atoms with Crippen LogP contribution >= 0.6 is 11.3 Å². The third-order valence-corrected chi connectivity index (χ3v) is 4.43. The minimum absolute atomic E-state index is 0.154. The Balaban J connectivity index is 1.75. The molecule has 2 aromatic heterocycles. The minimum atomic E-state index is -0.844. The molecule has 7 heteroatoms. The Bertz CT molecular complexity index is 671. The summed E-state index contributed by atoms with van der Waals surface area (Å²) in [7, 11) is 0. The van der Waals surface area contributed by atoms with Gasteiger partial charge in [-0.2, -0.15) is 0 Å². The maximum Gasteiger partial charge on any atom is 0.308 e. The van der Waals surface area contributed by atoms with E-state index in [2.05, 4.69) is 9.97 Å². The van der Waals surface area contributed by atoms with Crippen LogP contribution in [0.25, 0.3) is 10.7 Å². The molecule has 0 aliphatic carbocycles. The standard InChI is InChI=1S/C14H13N3O3S/c18-13(17-6-4-9(8-17)14(19)20)11-7-16-12(21-11)10-3-1-2-5-15-10/h1-3,5,7,9H,4,6,8H2,(H,19,20)/t9-/m1/s1. The number of rotatable bonds is 3. The van der Waals surface area contributed by atoms with Gasteiger partial charge in [-0.25, -0.2) is 4.98 Å². The number of carbonyl (C=O) groups excluding carboxylic acids is 1. The van der Waals surface area contributed by atoms with Gasteiger partial charge in [0, 0.05) is 19.3 Å². The van der Waals surface area contributed by atoms with E-state index in [1.165, 1.54) is 17.5 Å². The van der Waals surface area contributed by atoms with Crippen molar-refractivity contribution in [1.82, 2.24) is 14.9 Å². The predicted molar refractivity (Wildman–Crippen MR) is 77.0 cm³/mol. The maximum absolute atomic E-state index is 12.3. The second kappa shape index (κ2) is 5.61. The van der Waals surface area contributed by atoms with Crippen LogP contribution in [0.3, 0.4) is 0 Å². The van der Waals surface area contributed by atoms with Gasteiger partial charge >= 0.3 is 5.97 Å². The molecule has 0 saturated carbocycles. The molecule has 2 aromatic rings. The van der Waals surface area contributed by atoms with Gasteiger partial charge in [-0.05, 0) is 18.6 Å². The van der Waals surface area contributed by atoms with Gasteiger partial charge in [0.2, 0.25) is 0 Å². The number of pyridine rings is 1. The smallest absolute Gasteiger partial charge is 0.308 e. The topological polar surface area (TPSA) is 83.4 Å². The van der Waals surface area contributed by atoms with Crippen molar-refractivity contribution >= 4 is 23.2 Å². The van der Waals surface area contributed by atoms with Crippen molar-refractivity contribution in [3.8, 4) is 10.7 Å². The predicted octanol–water partition coefficient (Wildman–Crippen LogP) is 1.75. The number of carboxylic acid groups (broad SMARTS) is 1. The zero-order valence-electron chi connectivity index (χ0n) is 11.1. The van der Waals surface area contributed by atoms with Gasteiger partial charge in [-0.1, -0.05) is 6.07 Å². The van der Waals surface area contributed by atoms with E-state index >= 15 is 0 Å². The lowest BCUT2D eigenvalue weighted by Crippen LogP contribution is -2.29. The van der Waals surface area contributed by atoms with Crippen LogP contribution in [0.15, 0.2) is 30.6 Å². The van der Waals surface area contributed by atoms with Crippen molar-refractivity contribution in [3.05, 3.63) is 35.5 Å². The fourth-order valence-corrected chi connectivity index (χ4v) is 3.14. The van der Waals surface area contributed by atoms with E-state index in [-0.39, 0.29) is 12.5 Å². The second-order valence-corrected chi connectivity index (χ2v) is 5.85. The average Bonchev–Trinajstić information content (AvgIpc) is 3.17. The fraction of sp³-hybridized carbons (Fsp3) is 0.286. The van der Waals surface area contributed by atoms with Crippen LogP contribution in [0.4, 0.5) is 0 Å². The molecule has 3 rings (SSSR count). The number of thiazole rings is 1. The lowest BCUT2D eigenvalue weighted by atomic mass is 10.1. The molecular weight excluding hydrogens is 290 g/mol. The highest BCUT2D eigenvalue weighted by molar-refractivity contribution is 7.16. The number of aliphatic carboxylic acids is 1. The van der Waals surface area contributed by atoms with Gasteiger partial charge in [0.25, 0.3) is 5.91 Å². The first-order valence-corrected chi connectivity index (χ1v) is 7.36. The molecule has 0 radical (unpaired) electrons. The monoisotopic (exact) mass is 303 g/mol. The zero-order chi connectivity index (χ0) is 14.8. The number of likely N-dealkylation sites (tertiary alicyclic amines) is 1. The Hall–Kier alpha value is -2.28. The van der Waals surface area contributed by atoms with Crippen LogP contribution in [0, 0.1) is 5.92 Å². The van der Waals surface area contributed by atoms with Crippen LogP contribution in [0.1, 0.15) is 16.1 Å². The van der Waals surface area contributed by atoms with E-state index < -0.39 is 11.9 Å². The van der Waals surface area contributed by atoms with E-state index in [4.69, 9.17) is 5.11 Å². The maximum atomic E-state index is 12.3. The minimum Gasteiger partial charge on any atom is -0.481 e. The van der Waals surface area contributed by atoms with E-state index in [1.54, 1.807) is 11.1 Å². The highest BCUT2D eigenvalue weighted by Gasteiger charge is 2.32. The van der Waals surface area contributed by atoms with E-state index in [9.17, 15) is 9.59 Å². The van der Waals surface area contributed by atoms with E-state index in [1.807, 2.05) is 18.2 Å². The number of hydrogen-bond acceptors (Lipinski definition) is 5. The molecule has 1 fully saturated rings. The molecule has 1 atom stereocenters. The summed E-state index contributed by atoms with van der Waals surface area (Å²) in [5.74, 6) is -1.46. The largest absolute Gasteiger partial charge is 0.481 e. The number of amides is 1. The Labute approximate surface area is 125 Å². The molecule has 108 valence electrons. The van der Waals surface area contributed by atoms with Crippen molar-refractivity contribution in [3.63, 3.8) is 0 Å². The molecule has 0 unspecified atom stereocenters. The molecule has 3 heterocycles. The number of carbonyl (C=O) groups is 2. The Morgan fingerprint density at radius 3 is 2.86 bits per heavy atom. The van der Waals surface area contributed by atoms with Crippen molar-refractivity contribution in [2.75, 3.05) is 13.1 Å². The summed E-state index contributed by atoms with van der Waals surface area (Å²) in [6.45, 7) is 0.748. The lowest BCUT2D eigenvalue weighted by Gasteiger charge is -2.13. The summed E-state index contributed by atoms with van der Waals surface area (Å²) in [5, 5.41) is 9.67. The van der Waals surface area contributed by atoms with E-state index in [0.29, 0.717) is 22.9 Å². The van der Waals surface area contributed by atoms with Gasteiger partial charge in [-0.15, -0.1) is 11.3 Å². The molecule has 1 N–H and O–H groups in total. The van der Waals surface area contributed by atoms with Crippen LogP contribution < -0.4 is 0 Å². The third kappa shape index (κ3) is 2.78. The van der Waals surface area contributed by atoms with Crippen molar-refractivity contribution < 1.29 is 14.7 Å². The molecule has 1 amide bonds. The Morgan fingerprint density at radius 2 is 2.19 bits per heavy atom. The van der Waals surface area contributed by atoms with Crippen molar-refractivity contribution in [2.24, 2.45) is 5.92 Å². The highest BCUT2D eigenvalue weighted by Crippen LogP contribution is 2.26. The number of nitrogens with zero attached hydrogens (tertiary/aromatic N) is 3. The van der Waals surface area contributed by atoms with Gasteiger partial charge in [0.1, 0.15) is 9.88 Å². The lowest BCUT2D eigenvalue weighted by molar-refractivity contribution is -0.141. The van der Waals surface area contributed by atoms with Gasteiger partial charge in [-0.3, -0.25) is 14.6 Å². The average molecular weight is 303 g/mol. The summed E-state index contributed by atoms with van der Waals surface area (Å²) in [4.78, 5) is 33.8. The molecule has 1 saturated heterocycles. The van der Waals surface area contributed by atoms with Crippen molar-refractivity contribution in [2.45, 2.75) is 6.42 Å². The van der Waals surface area contributed by atoms with Crippen LogP contribution in [0.2, 0.25) is 0 Å². The summed E-state index contributed by atoms with van der Waals surface area (Å²) in [5.41, 5.74) is 0.728. The normalized spacial score (nSPS) is 17.9. The fourth-order valence-electron chi connectivity index (χ4n) is 2.28. The van der Waals surface area contributed by atoms with Crippen molar-refractivity contribution in [1.29, 1.82) is 0 Å². The van der Waals surface area contributed by atoms with Crippen LogP contribution in [0.5, 0.6) is 0 Å². The van der Waals surface area contributed by atoms with E-state index in [0.717, 1.165) is 5.69 Å². The molecule has 21 heavy (non-hydrogen) atoms. The summed E-state index contributed by atoms with van der Waals surface area (Å²) in [6, 6.07) is 5.52. The van der Waals surface area contributed by atoms with Gasteiger partial charge < -0.3 is 10.0 Å². The molecule has 6 nitrogen and oxygen atoms in total. The van der Waals surface area contributed by atoms with Gasteiger partial charge in [0.15, 0.2) is 0 Å². The first kappa shape index (κ1) is 13.7. The summed E-state index contributed by atoms with van der Waals surface area (Å²) < 4.78 is 0. The molecule has 0 bridgehead atoms. The second-order valence-electron chi connectivity index (χ2n) is 4.82. The Morgan fingerprint density at radius 1 is 1.33 bits per heavy atom. The number of carboxylic acids is 1. The molecule has 1 aliphatic rings. The third-order valence-electron chi connectivity index (χ3n) is 3.43. The first-order chi connectivity index (χ1) is 10.1. The first-order valence-electron chi connectivity index (χ1n) is 6.54. The quantitative estimate of drug-likeness (QED) is 0.934. The van der Waals surface area contributed by atoms with Crippen LogP contribution in [-0.4, -0.2) is 44.9 Å². The Kier molecular flexibility index (Phi) is 3.66. The van der Waals surface area contributed by atoms with Gasteiger partial charge in [0.05, 0.1) is 17.8 Å². The molecule has 0 aromatic carbocycles.